The number of rotatable bonds is 3. The lowest BCUT2D eigenvalue weighted by atomic mass is 10.2. The van der Waals surface area contributed by atoms with E-state index in [0.717, 1.165) is 5.56 Å². The molecule has 3 nitrogen and oxygen atoms in total. The number of nitrogens with one attached hydrogen (secondary N) is 1. The molecule has 0 saturated carbocycles. The normalized spacial score (nSPS) is 9.86. The van der Waals surface area contributed by atoms with Crippen LogP contribution in [0.2, 0.25) is 0 Å². The molecule has 1 rings (SSSR count). The predicted molar refractivity (Wildman–Crippen MR) is 62.6 cm³/mol. The lowest BCUT2D eigenvalue weighted by Gasteiger charge is -2.07. The van der Waals surface area contributed by atoms with Gasteiger partial charge in [0.25, 0.3) is 0 Å². The van der Waals surface area contributed by atoms with E-state index in [9.17, 15) is 4.79 Å². The number of nitrogens with two attached hydrogens (primary N) is 1. The molecule has 0 atom stereocenters. The first kappa shape index (κ1) is 10.9. The average molecular weight is 210 g/mol. The zero-order chi connectivity index (χ0) is 10.6. The van der Waals surface area contributed by atoms with E-state index in [1.165, 1.54) is 11.8 Å². The summed E-state index contributed by atoms with van der Waals surface area (Å²) in [5.74, 6) is 0.431. The minimum absolute atomic E-state index is 0.0203. The molecule has 14 heavy (non-hydrogen) atoms. The van der Waals surface area contributed by atoms with E-state index in [-0.39, 0.29) is 5.91 Å². The van der Waals surface area contributed by atoms with Crippen molar-refractivity contribution in [3.63, 3.8) is 0 Å². The van der Waals surface area contributed by atoms with Crippen LogP contribution in [0.25, 0.3) is 0 Å². The van der Waals surface area contributed by atoms with Crippen LogP contribution in [-0.4, -0.2) is 17.9 Å². The number of thioether (sulfide) groups is 1. The number of hydrogen-bond donors (Lipinski definition) is 2. The van der Waals surface area contributed by atoms with Gasteiger partial charge in [0.1, 0.15) is 0 Å². The van der Waals surface area contributed by atoms with Crippen LogP contribution in [0.5, 0.6) is 0 Å². The van der Waals surface area contributed by atoms with Crippen molar-refractivity contribution >= 4 is 29.0 Å². The monoisotopic (exact) mass is 210 g/mol. The molecule has 0 unspecified atom stereocenters. The highest BCUT2D eigenvalue weighted by molar-refractivity contribution is 7.99. The topological polar surface area (TPSA) is 55.1 Å². The smallest absolute Gasteiger partial charge is 0.234 e. The summed E-state index contributed by atoms with van der Waals surface area (Å²) in [6.45, 7) is 1.96. The summed E-state index contributed by atoms with van der Waals surface area (Å²) in [7, 11) is 0. The Balaban J connectivity index is 2.72. The number of hydrogen-bond acceptors (Lipinski definition) is 3. The second-order valence-electron chi connectivity index (χ2n) is 3.07. The van der Waals surface area contributed by atoms with Gasteiger partial charge in [0.2, 0.25) is 5.91 Å². The summed E-state index contributed by atoms with van der Waals surface area (Å²) in [4.78, 5) is 11.3. The van der Waals surface area contributed by atoms with Crippen LogP contribution in [0, 0.1) is 6.92 Å². The second kappa shape index (κ2) is 4.91. The molecule has 1 amide bonds. The molecule has 1 aromatic rings. The standard InChI is InChI=1S/C10H14N2OS/c1-7-3-4-9(8(11)5-7)12-10(13)6-14-2/h3-5H,6,11H2,1-2H3,(H,12,13). The van der Waals surface area contributed by atoms with Gasteiger partial charge in [-0.15, -0.1) is 0 Å². The van der Waals surface area contributed by atoms with Crippen LogP contribution in [0.1, 0.15) is 5.56 Å². The molecule has 0 bridgehead atoms. The van der Waals surface area contributed by atoms with Crippen molar-refractivity contribution in [1.29, 1.82) is 0 Å². The van der Waals surface area contributed by atoms with Gasteiger partial charge < -0.3 is 11.1 Å². The summed E-state index contributed by atoms with van der Waals surface area (Å²) < 4.78 is 0. The third kappa shape index (κ3) is 2.96. The Morgan fingerprint density at radius 3 is 2.86 bits per heavy atom. The van der Waals surface area contributed by atoms with Gasteiger partial charge in [-0.3, -0.25) is 4.79 Å². The molecule has 3 N–H and O–H groups in total. The molecule has 0 fully saturated rings. The van der Waals surface area contributed by atoms with E-state index in [4.69, 9.17) is 5.73 Å². The van der Waals surface area contributed by atoms with Crippen molar-refractivity contribution in [3.05, 3.63) is 23.8 Å². The van der Waals surface area contributed by atoms with Crippen molar-refractivity contribution in [2.75, 3.05) is 23.1 Å². The summed E-state index contributed by atoms with van der Waals surface area (Å²) in [6.07, 6.45) is 1.89. The number of aryl methyl sites for hydroxylation is 1. The molecule has 1 aromatic carbocycles. The first-order chi connectivity index (χ1) is 6.63. The molecule has 0 aliphatic heterocycles. The molecule has 0 heterocycles. The lowest BCUT2D eigenvalue weighted by Crippen LogP contribution is -2.14. The van der Waals surface area contributed by atoms with Crippen LogP contribution in [0.4, 0.5) is 11.4 Å². The first-order valence-corrected chi connectivity index (χ1v) is 5.68. The van der Waals surface area contributed by atoms with E-state index in [1.807, 2.05) is 31.4 Å². The zero-order valence-electron chi connectivity index (χ0n) is 8.33. The minimum Gasteiger partial charge on any atom is -0.397 e. The molecule has 0 aliphatic rings. The quantitative estimate of drug-likeness (QED) is 0.749. The van der Waals surface area contributed by atoms with Crippen molar-refractivity contribution in [2.45, 2.75) is 6.92 Å². The van der Waals surface area contributed by atoms with E-state index >= 15 is 0 Å². The molecule has 76 valence electrons. The van der Waals surface area contributed by atoms with Gasteiger partial charge in [0, 0.05) is 0 Å². The van der Waals surface area contributed by atoms with E-state index in [1.54, 1.807) is 0 Å². The maximum absolute atomic E-state index is 11.3. The molecule has 0 aliphatic carbocycles. The molecule has 0 aromatic heterocycles. The van der Waals surface area contributed by atoms with Crippen molar-refractivity contribution < 1.29 is 4.79 Å². The van der Waals surface area contributed by atoms with Crippen LogP contribution < -0.4 is 11.1 Å². The second-order valence-corrected chi connectivity index (χ2v) is 3.94. The number of nitrogen functional groups attached to an aromatic ring is 1. The van der Waals surface area contributed by atoms with Crippen LogP contribution in [0.15, 0.2) is 18.2 Å². The van der Waals surface area contributed by atoms with Gasteiger partial charge in [-0.05, 0) is 30.9 Å². The molecular weight excluding hydrogens is 196 g/mol. The highest BCUT2D eigenvalue weighted by Crippen LogP contribution is 2.19. The Labute approximate surface area is 88.1 Å². The number of benzene rings is 1. The third-order valence-electron chi connectivity index (χ3n) is 1.76. The fourth-order valence-electron chi connectivity index (χ4n) is 1.11. The van der Waals surface area contributed by atoms with Crippen LogP contribution >= 0.6 is 11.8 Å². The maximum atomic E-state index is 11.3. The third-order valence-corrected chi connectivity index (χ3v) is 2.31. The Morgan fingerprint density at radius 1 is 1.57 bits per heavy atom. The van der Waals surface area contributed by atoms with Crippen molar-refractivity contribution in [3.8, 4) is 0 Å². The van der Waals surface area contributed by atoms with Gasteiger partial charge >= 0.3 is 0 Å². The van der Waals surface area contributed by atoms with Gasteiger partial charge in [-0.2, -0.15) is 11.8 Å². The number of anilines is 2. The minimum atomic E-state index is -0.0203. The van der Waals surface area contributed by atoms with Gasteiger partial charge in [-0.25, -0.2) is 0 Å². The summed E-state index contributed by atoms with van der Waals surface area (Å²) >= 11 is 1.49. The van der Waals surface area contributed by atoms with Gasteiger partial charge in [0.15, 0.2) is 0 Å². The fourth-order valence-corrected chi connectivity index (χ4v) is 1.45. The number of carbonyl (C=O) groups is 1. The Hall–Kier alpha value is -1.16. The van der Waals surface area contributed by atoms with E-state index < -0.39 is 0 Å². The van der Waals surface area contributed by atoms with Crippen molar-refractivity contribution in [2.24, 2.45) is 0 Å². The molecule has 4 heteroatoms. The molecular formula is C10H14N2OS. The lowest BCUT2D eigenvalue weighted by molar-refractivity contribution is -0.113. The van der Waals surface area contributed by atoms with Crippen LogP contribution in [0.3, 0.4) is 0 Å². The van der Waals surface area contributed by atoms with Crippen LogP contribution in [-0.2, 0) is 4.79 Å². The zero-order valence-corrected chi connectivity index (χ0v) is 9.15. The maximum Gasteiger partial charge on any atom is 0.234 e. The fraction of sp³-hybridized carbons (Fsp3) is 0.300. The highest BCUT2D eigenvalue weighted by atomic mass is 32.2. The predicted octanol–water partition coefficient (Wildman–Crippen LogP) is 1.88. The van der Waals surface area contributed by atoms with Gasteiger partial charge in [-0.1, -0.05) is 6.07 Å². The summed E-state index contributed by atoms with van der Waals surface area (Å²) in [5, 5.41) is 2.75. The molecule has 0 saturated heterocycles. The Kier molecular flexibility index (Phi) is 3.83. The number of carbonyl (C=O) groups excluding carboxylic acids is 1. The van der Waals surface area contributed by atoms with E-state index in [2.05, 4.69) is 5.32 Å². The van der Waals surface area contributed by atoms with E-state index in [0.29, 0.717) is 17.1 Å². The van der Waals surface area contributed by atoms with Crippen molar-refractivity contribution in [1.82, 2.24) is 0 Å². The Morgan fingerprint density at radius 2 is 2.29 bits per heavy atom. The molecule has 0 spiro atoms. The van der Waals surface area contributed by atoms with Gasteiger partial charge in [0.05, 0.1) is 17.1 Å². The Bertz CT molecular complexity index is 339. The first-order valence-electron chi connectivity index (χ1n) is 4.28. The summed E-state index contributed by atoms with van der Waals surface area (Å²) in [6, 6.07) is 5.59. The SMILES string of the molecule is CSCC(=O)Nc1ccc(C)cc1N. The molecule has 0 radical (unpaired) electrons. The average Bonchev–Trinajstić information content (AvgIpc) is 2.10. The largest absolute Gasteiger partial charge is 0.397 e. The number of amides is 1. The highest BCUT2D eigenvalue weighted by Gasteiger charge is 2.03. The summed E-state index contributed by atoms with van der Waals surface area (Å²) in [5.41, 5.74) is 8.13.